The summed E-state index contributed by atoms with van der Waals surface area (Å²) in [5.41, 5.74) is 2.51. The van der Waals surface area contributed by atoms with E-state index in [2.05, 4.69) is 32.0 Å². The van der Waals surface area contributed by atoms with Crippen molar-refractivity contribution in [1.82, 2.24) is 0 Å². The van der Waals surface area contributed by atoms with Gasteiger partial charge in [-0.2, -0.15) is 0 Å². The van der Waals surface area contributed by atoms with Gasteiger partial charge in [0, 0.05) is 9.64 Å². The second-order valence-corrected chi connectivity index (χ2v) is 6.46. The number of carboxylic acids is 1. The molecule has 0 aliphatic rings. The Morgan fingerprint density at radius 3 is 2.44 bits per heavy atom. The van der Waals surface area contributed by atoms with Crippen molar-refractivity contribution >= 4 is 17.7 Å². The molecule has 0 radical (unpaired) electrons. The lowest BCUT2D eigenvalue weighted by atomic mass is 10.1. The maximum absolute atomic E-state index is 10.7. The van der Waals surface area contributed by atoms with Gasteiger partial charge in [-0.1, -0.05) is 6.07 Å². The molecule has 0 spiro atoms. The molecule has 0 fully saturated rings. The van der Waals surface area contributed by atoms with Crippen LogP contribution >= 0.6 is 11.8 Å². The Labute approximate surface area is 101 Å². The molecular formula is C13H18O2S. The van der Waals surface area contributed by atoms with Crippen LogP contribution < -0.4 is 0 Å². The summed E-state index contributed by atoms with van der Waals surface area (Å²) in [7, 11) is 0. The van der Waals surface area contributed by atoms with Gasteiger partial charge in [0.15, 0.2) is 0 Å². The van der Waals surface area contributed by atoms with Crippen molar-refractivity contribution in [1.29, 1.82) is 0 Å². The van der Waals surface area contributed by atoms with Crippen molar-refractivity contribution in [2.24, 2.45) is 0 Å². The lowest BCUT2D eigenvalue weighted by Crippen LogP contribution is -2.19. The summed E-state index contributed by atoms with van der Waals surface area (Å²) in [6.07, 6.45) is 0.171. The van der Waals surface area contributed by atoms with Crippen LogP contribution in [0.25, 0.3) is 0 Å². The van der Waals surface area contributed by atoms with Crippen LogP contribution in [0.15, 0.2) is 23.1 Å². The molecule has 2 nitrogen and oxygen atoms in total. The Morgan fingerprint density at radius 2 is 1.94 bits per heavy atom. The lowest BCUT2D eigenvalue weighted by Gasteiger charge is -2.22. The van der Waals surface area contributed by atoms with Gasteiger partial charge < -0.3 is 5.11 Å². The minimum atomic E-state index is -0.749. The Morgan fingerprint density at radius 1 is 1.31 bits per heavy atom. The standard InChI is InChI=1S/C13H18O2S/c1-9-5-6-11(7-10(9)2)16-13(3,4)8-12(14)15/h5-7H,8H2,1-4H3,(H,14,15). The van der Waals surface area contributed by atoms with E-state index in [1.165, 1.54) is 11.1 Å². The van der Waals surface area contributed by atoms with Crippen LogP contribution in [0.5, 0.6) is 0 Å². The molecule has 88 valence electrons. The zero-order valence-electron chi connectivity index (χ0n) is 10.2. The minimum absolute atomic E-state index is 0.171. The summed E-state index contributed by atoms with van der Waals surface area (Å²) in [6.45, 7) is 8.07. The first kappa shape index (κ1) is 13.1. The molecule has 1 rings (SSSR count). The predicted molar refractivity (Wildman–Crippen MR) is 68.1 cm³/mol. The van der Waals surface area contributed by atoms with E-state index in [4.69, 9.17) is 5.11 Å². The van der Waals surface area contributed by atoms with Gasteiger partial charge in [-0.25, -0.2) is 0 Å². The van der Waals surface area contributed by atoms with Crippen LogP contribution in [0.3, 0.4) is 0 Å². The van der Waals surface area contributed by atoms with Crippen molar-refractivity contribution in [3.8, 4) is 0 Å². The molecule has 1 N–H and O–H groups in total. The summed E-state index contributed by atoms with van der Waals surface area (Å²) in [5, 5.41) is 8.81. The van der Waals surface area contributed by atoms with Gasteiger partial charge in [-0.3, -0.25) is 4.79 Å². The average Bonchev–Trinajstić information content (AvgIpc) is 2.08. The van der Waals surface area contributed by atoms with Gasteiger partial charge in [-0.15, -0.1) is 11.8 Å². The zero-order valence-corrected chi connectivity index (χ0v) is 11.0. The van der Waals surface area contributed by atoms with E-state index in [1.807, 2.05) is 13.8 Å². The Hall–Kier alpha value is -0.960. The maximum atomic E-state index is 10.7. The Kier molecular flexibility index (Phi) is 4.03. The molecular weight excluding hydrogens is 220 g/mol. The SMILES string of the molecule is Cc1ccc(SC(C)(C)CC(=O)O)cc1C. The van der Waals surface area contributed by atoms with Crippen LogP contribution in [0, 0.1) is 13.8 Å². The van der Waals surface area contributed by atoms with Gasteiger partial charge in [0.2, 0.25) is 0 Å². The largest absolute Gasteiger partial charge is 0.481 e. The molecule has 0 heterocycles. The average molecular weight is 238 g/mol. The highest BCUT2D eigenvalue weighted by atomic mass is 32.2. The van der Waals surface area contributed by atoms with Gasteiger partial charge in [0.1, 0.15) is 0 Å². The third-order valence-corrected chi connectivity index (χ3v) is 3.64. The number of hydrogen-bond acceptors (Lipinski definition) is 2. The van der Waals surface area contributed by atoms with Crippen molar-refractivity contribution < 1.29 is 9.90 Å². The second kappa shape index (κ2) is 4.91. The number of aryl methyl sites for hydroxylation is 2. The highest BCUT2D eigenvalue weighted by Crippen LogP contribution is 2.35. The van der Waals surface area contributed by atoms with E-state index in [9.17, 15) is 4.79 Å². The highest BCUT2D eigenvalue weighted by molar-refractivity contribution is 8.00. The number of carboxylic acid groups (broad SMARTS) is 1. The smallest absolute Gasteiger partial charge is 0.304 e. The van der Waals surface area contributed by atoms with Crippen molar-refractivity contribution in [3.05, 3.63) is 29.3 Å². The van der Waals surface area contributed by atoms with Gasteiger partial charge in [0.05, 0.1) is 6.42 Å². The van der Waals surface area contributed by atoms with Crippen molar-refractivity contribution in [3.63, 3.8) is 0 Å². The van der Waals surface area contributed by atoms with Crippen LogP contribution in [0.4, 0.5) is 0 Å². The third kappa shape index (κ3) is 3.89. The number of thioether (sulfide) groups is 1. The molecule has 3 heteroatoms. The molecule has 0 aliphatic carbocycles. The molecule has 1 aromatic rings. The van der Waals surface area contributed by atoms with E-state index in [0.29, 0.717) is 0 Å². The number of hydrogen-bond donors (Lipinski definition) is 1. The molecule has 0 bridgehead atoms. The summed E-state index contributed by atoms with van der Waals surface area (Å²) in [5.74, 6) is -0.749. The van der Waals surface area contributed by atoms with Gasteiger partial charge >= 0.3 is 5.97 Å². The maximum Gasteiger partial charge on any atom is 0.304 e. The topological polar surface area (TPSA) is 37.3 Å². The molecule has 0 saturated heterocycles. The van der Waals surface area contributed by atoms with Crippen molar-refractivity contribution in [2.75, 3.05) is 0 Å². The monoisotopic (exact) mass is 238 g/mol. The quantitative estimate of drug-likeness (QED) is 0.814. The van der Waals surface area contributed by atoms with Gasteiger partial charge in [-0.05, 0) is 51.0 Å². The molecule has 16 heavy (non-hydrogen) atoms. The van der Waals surface area contributed by atoms with E-state index in [0.717, 1.165) is 4.90 Å². The van der Waals surface area contributed by atoms with E-state index in [1.54, 1.807) is 11.8 Å². The fourth-order valence-corrected chi connectivity index (χ4v) is 2.70. The summed E-state index contributed by atoms with van der Waals surface area (Å²) < 4.78 is -0.270. The van der Waals surface area contributed by atoms with Gasteiger partial charge in [0.25, 0.3) is 0 Å². The minimum Gasteiger partial charge on any atom is -0.481 e. The summed E-state index contributed by atoms with van der Waals surface area (Å²) in [6, 6.07) is 6.24. The number of rotatable bonds is 4. The van der Waals surface area contributed by atoms with Crippen LogP contribution in [0.2, 0.25) is 0 Å². The molecule has 0 aliphatic heterocycles. The number of benzene rings is 1. The summed E-state index contributed by atoms with van der Waals surface area (Å²) >= 11 is 1.62. The van der Waals surface area contributed by atoms with E-state index >= 15 is 0 Å². The first-order valence-corrected chi connectivity index (χ1v) is 6.10. The first-order valence-electron chi connectivity index (χ1n) is 5.28. The fraction of sp³-hybridized carbons (Fsp3) is 0.462. The Balaban J connectivity index is 2.79. The normalized spacial score (nSPS) is 11.5. The van der Waals surface area contributed by atoms with Crippen molar-refractivity contribution in [2.45, 2.75) is 43.8 Å². The Bertz CT molecular complexity index is 397. The fourth-order valence-electron chi connectivity index (χ4n) is 1.50. The predicted octanol–water partition coefficient (Wildman–Crippen LogP) is 3.65. The third-order valence-electron chi connectivity index (χ3n) is 2.45. The number of aliphatic carboxylic acids is 1. The van der Waals surface area contributed by atoms with E-state index < -0.39 is 5.97 Å². The number of carbonyl (C=O) groups is 1. The van der Waals surface area contributed by atoms with Crippen LogP contribution in [-0.2, 0) is 4.79 Å². The molecule has 0 unspecified atom stereocenters. The molecule has 0 amide bonds. The molecule has 0 saturated carbocycles. The van der Waals surface area contributed by atoms with Crippen LogP contribution in [-0.4, -0.2) is 15.8 Å². The molecule has 0 atom stereocenters. The summed E-state index contributed by atoms with van der Waals surface area (Å²) in [4.78, 5) is 11.8. The van der Waals surface area contributed by atoms with E-state index in [-0.39, 0.29) is 11.2 Å². The second-order valence-electron chi connectivity index (χ2n) is 4.68. The molecule has 0 aromatic heterocycles. The lowest BCUT2D eigenvalue weighted by molar-refractivity contribution is -0.137. The molecule has 1 aromatic carbocycles. The highest BCUT2D eigenvalue weighted by Gasteiger charge is 2.23. The van der Waals surface area contributed by atoms with Crippen LogP contribution in [0.1, 0.15) is 31.4 Å². The zero-order chi connectivity index (χ0) is 12.3. The first-order chi connectivity index (χ1) is 7.30.